The Bertz CT molecular complexity index is 398. The first-order valence-corrected chi connectivity index (χ1v) is 6.86. The first-order valence-electron chi connectivity index (χ1n) is 6.86. The van der Waals surface area contributed by atoms with Crippen LogP contribution in [0.4, 0.5) is 4.79 Å². The van der Waals surface area contributed by atoms with Gasteiger partial charge in [0.2, 0.25) is 0 Å². The Morgan fingerprint density at radius 2 is 1.94 bits per heavy atom. The van der Waals surface area contributed by atoms with Crippen LogP contribution in [0.25, 0.3) is 0 Å². The predicted molar refractivity (Wildman–Crippen MR) is 66.0 cm³/mol. The van der Waals surface area contributed by atoms with Crippen molar-refractivity contribution in [1.82, 2.24) is 4.90 Å². The number of likely N-dealkylation sites (tertiary alicyclic amines) is 1. The Kier molecular flexibility index (Phi) is 2.48. The first-order chi connectivity index (χ1) is 8.35. The minimum Gasteiger partial charge on any atom is -0.444 e. The summed E-state index contributed by atoms with van der Waals surface area (Å²) in [4.78, 5) is 25.6. The van der Waals surface area contributed by atoms with Crippen LogP contribution in [0, 0.1) is 23.7 Å². The third kappa shape index (κ3) is 1.82. The molecular weight excluding hydrogens is 230 g/mol. The molecule has 1 heterocycles. The topological polar surface area (TPSA) is 46.6 Å². The second-order valence-corrected chi connectivity index (χ2v) is 6.99. The fourth-order valence-corrected chi connectivity index (χ4v) is 3.94. The molecule has 2 bridgehead atoms. The maximum absolute atomic E-state index is 12.0. The highest BCUT2D eigenvalue weighted by atomic mass is 16.6. The molecule has 4 atom stereocenters. The van der Waals surface area contributed by atoms with Gasteiger partial charge in [0.15, 0.2) is 0 Å². The summed E-state index contributed by atoms with van der Waals surface area (Å²) >= 11 is 0. The predicted octanol–water partition coefficient (Wildman–Crippen LogP) is 2.08. The summed E-state index contributed by atoms with van der Waals surface area (Å²) in [5.74, 6) is 2.13. The molecule has 0 aromatic rings. The molecule has 0 N–H and O–H groups in total. The summed E-state index contributed by atoms with van der Waals surface area (Å²) in [5, 5.41) is 0. The van der Waals surface area contributed by atoms with Crippen LogP contribution >= 0.6 is 0 Å². The molecule has 1 aliphatic heterocycles. The fourth-order valence-electron chi connectivity index (χ4n) is 3.94. The molecule has 0 radical (unpaired) electrons. The van der Waals surface area contributed by atoms with E-state index in [1.165, 1.54) is 0 Å². The Labute approximate surface area is 108 Å². The van der Waals surface area contributed by atoms with Gasteiger partial charge in [-0.15, -0.1) is 0 Å². The SMILES string of the molecule is CC(C)(C)OC(=O)N1C[C@@H]2[C@H]3CC(=O)[C@@H](C3)[C@@H]2C1. The minimum atomic E-state index is -0.441. The fraction of sp³-hybridized carbons (Fsp3) is 0.857. The monoisotopic (exact) mass is 251 g/mol. The van der Waals surface area contributed by atoms with Crippen molar-refractivity contribution in [2.75, 3.05) is 13.1 Å². The number of ether oxygens (including phenoxy) is 1. The van der Waals surface area contributed by atoms with E-state index in [1.54, 1.807) is 4.90 Å². The molecule has 0 unspecified atom stereocenters. The van der Waals surface area contributed by atoms with Gasteiger partial charge in [0.05, 0.1) is 0 Å². The Hall–Kier alpha value is -1.06. The highest BCUT2D eigenvalue weighted by molar-refractivity contribution is 5.85. The van der Waals surface area contributed by atoms with Crippen LogP contribution in [0.5, 0.6) is 0 Å². The maximum atomic E-state index is 12.0. The zero-order chi connectivity index (χ0) is 13.1. The lowest BCUT2D eigenvalue weighted by Crippen LogP contribution is -2.36. The van der Waals surface area contributed by atoms with Gasteiger partial charge < -0.3 is 9.64 Å². The van der Waals surface area contributed by atoms with E-state index in [1.807, 2.05) is 20.8 Å². The lowest BCUT2D eigenvalue weighted by atomic mass is 9.81. The average Bonchev–Trinajstić information content (AvgIpc) is 2.82. The van der Waals surface area contributed by atoms with Crippen LogP contribution in [0.15, 0.2) is 0 Å². The van der Waals surface area contributed by atoms with Gasteiger partial charge in [-0.3, -0.25) is 4.79 Å². The molecule has 4 nitrogen and oxygen atoms in total. The Morgan fingerprint density at radius 3 is 2.61 bits per heavy atom. The number of rotatable bonds is 0. The Morgan fingerprint density at radius 1 is 1.28 bits per heavy atom. The standard InChI is InChI=1S/C14H21NO3/c1-14(2,3)18-13(17)15-6-10-8-4-9(11(10)7-15)12(16)5-8/h8-11H,4-7H2,1-3H3/t8-,9+,10-,11+/m1/s1. The van der Waals surface area contributed by atoms with Crippen LogP contribution in [-0.2, 0) is 9.53 Å². The van der Waals surface area contributed by atoms with Crippen molar-refractivity contribution in [2.24, 2.45) is 23.7 Å². The second-order valence-electron chi connectivity index (χ2n) is 6.99. The van der Waals surface area contributed by atoms with Crippen molar-refractivity contribution in [3.8, 4) is 0 Å². The summed E-state index contributed by atoms with van der Waals surface area (Å²) in [6.07, 6.45) is 1.59. The molecule has 0 aromatic heterocycles. The number of nitrogens with zero attached hydrogens (tertiary/aromatic N) is 1. The van der Waals surface area contributed by atoms with Gasteiger partial charge in [0.25, 0.3) is 0 Å². The molecule has 0 spiro atoms. The highest BCUT2D eigenvalue weighted by Crippen LogP contribution is 2.53. The highest BCUT2D eigenvalue weighted by Gasteiger charge is 2.56. The number of amides is 1. The van der Waals surface area contributed by atoms with Gasteiger partial charge in [0.1, 0.15) is 11.4 Å². The quantitative estimate of drug-likeness (QED) is 0.662. The van der Waals surface area contributed by atoms with Crippen LogP contribution in [-0.4, -0.2) is 35.5 Å². The summed E-state index contributed by atoms with van der Waals surface area (Å²) in [6.45, 7) is 7.15. The summed E-state index contributed by atoms with van der Waals surface area (Å²) < 4.78 is 5.41. The summed E-state index contributed by atoms with van der Waals surface area (Å²) in [7, 11) is 0. The number of carbonyl (C=O) groups excluding carboxylic acids is 2. The van der Waals surface area contributed by atoms with E-state index in [0.29, 0.717) is 30.1 Å². The molecule has 1 saturated heterocycles. The number of hydrogen-bond acceptors (Lipinski definition) is 3. The van der Waals surface area contributed by atoms with Gasteiger partial charge >= 0.3 is 6.09 Å². The van der Waals surface area contributed by atoms with Crippen LogP contribution in [0.2, 0.25) is 0 Å². The largest absolute Gasteiger partial charge is 0.444 e. The molecule has 1 amide bonds. The van der Waals surface area contributed by atoms with Crippen molar-refractivity contribution in [3.05, 3.63) is 0 Å². The zero-order valence-electron chi connectivity index (χ0n) is 11.3. The van der Waals surface area contributed by atoms with Gasteiger partial charge in [-0.05, 0) is 44.9 Å². The normalized spacial score (nSPS) is 38.2. The van der Waals surface area contributed by atoms with Crippen molar-refractivity contribution in [3.63, 3.8) is 0 Å². The lowest BCUT2D eigenvalue weighted by Gasteiger charge is -2.25. The van der Waals surface area contributed by atoms with E-state index in [4.69, 9.17) is 4.74 Å². The first kappa shape index (κ1) is 12.0. The second kappa shape index (κ2) is 3.72. The molecule has 4 heteroatoms. The number of carbonyl (C=O) groups is 2. The number of ketones is 1. The third-order valence-corrected chi connectivity index (χ3v) is 4.62. The van der Waals surface area contributed by atoms with Gasteiger partial charge in [-0.25, -0.2) is 4.79 Å². The van der Waals surface area contributed by atoms with E-state index in [9.17, 15) is 9.59 Å². The van der Waals surface area contributed by atoms with E-state index < -0.39 is 5.60 Å². The smallest absolute Gasteiger partial charge is 0.410 e. The molecule has 3 aliphatic rings. The van der Waals surface area contributed by atoms with Crippen LogP contribution in [0.3, 0.4) is 0 Å². The Balaban J connectivity index is 1.67. The van der Waals surface area contributed by atoms with Gasteiger partial charge in [0, 0.05) is 25.4 Å². The number of hydrogen-bond donors (Lipinski definition) is 0. The van der Waals surface area contributed by atoms with Crippen LogP contribution in [0.1, 0.15) is 33.6 Å². The molecule has 2 aliphatic carbocycles. The van der Waals surface area contributed by atoms with Crippen molar-refractivity contribution >= 4 is 11.9 Å². The van der Waals surface area contributed by atoms with E-state index in [0.717, 1.165) is 19.4 Å². The zero-order valence-corrected chi connectivity index (χ0v) is 11.3. The average molecular weight is 251 g/mol. The van der Waals surface area contributed by atoms with Gasteiger partial charge in [-0.2, -0.15) is 0 Å². The lowest BCUT2D eigenvalue weighted by molar-refractivity contribution is -0.123. The van der Waals surface area contributed by atoms with E-state index >= 15 is 0 Å². The molecule has 3 rings (SSSR count). The van der Waals surface area contributed by atoms with Crippen molar-refractivity contribution in [2.45, 2.75) is 39.2 Å². The van der Waals surface area contributed by atoms with Crippen molar-refractivity contribution < 1.29 is 14.3 Å². The molecular formula is C14H21NO3. The van der Waals surface area contributed by atoms with E-state index in [2.05, 4.69) is 0 Å². The maximum Gasteiger partial charge on any atom is 0.410 e. The molecule has 18 heavy (non-hydrogen) atoms. The molecule has 3 fully saturated rings. The number of Topliss-reactive ketones (excluding diaryl/α,β-unsaturated/α-hetero) is 1. The molecule has 2 saturated carbocycles. The van der Waals surface area contributed by atoms with Crippen molar-refractivity contribution in [1.29, 1.82) is 0 Å². The summed E-state index contributed by atoms with van der Waals surface area (Å²) in [6, 6.07) is 0. The van der Waals surface area contributed by atoms with E-state index in [-0.39, 0.29) is 12.0 Å². The molecule has 100 valence electrons. The summed E-state index contributed by atoms with van der Waals surface area (Å²) in [5.41, 5.74) is -0.441. The minimum absolute atomic E-state index is 0.219. The van der Waals surface area contributed by atoms with Crippen LogP contribution < -0.4 is 0 Å². The third-order valence-electron chi connectivity index (χ3n) is 4.62. The number of fused-ring (bicyclic) bond motifs is 5. The van der Waals surface area contributed by atoms with Gasteiger partial charge in [-0.1, -0.05) is 0 Å². The molecule has 0 aromatic carbocycles.